The van der Waals surface area contributed by atoms with E-state index in [4.69, 9.17) is 10.5 Å². The predicted octanol–water partition coefficient (Wildman–Crippen LogP) is 1.19. The third kappa shape index (κ3) is 2.95. The van der Waals surface area contributed by atoms with Crippen molar-refractivity contribution in [2.45, 2.75) is 57.6 Å². The topological polar surface area (TPSA) is 64.3 Å². The highest BCUT2D eigenvalue weighted by molar-refractivity contribution is 5.85. The monoisotopic (exact) mass is 228 g/mol. The molecule has 2 unspecified atom stereocenters. The maximum absolute atomic E-state index is 12.1. The van der Waals surface area contributed by atoms with E-state index in [1.54, 1.807) is 0 Å². The second kappa shape index (κ2) is 5.15. The molecule has 1 heterocycles. The van der Waals surface area contributed by atoms with Crippen molar-refractivity contribution in [3.63, 3.8) is 0 Å². The van der Waals surface area contributed by atoms with E-state index in [2.05, 4.69) is 12.2 Å². The molecular formula is C12H24N2O2. The first-order chi connectivity index (χ1) is 7.46. The van der Waals surface area contributed by atoms with Crippen molar-refractivity contribution in [3.05, 3.63) is 0 Å². The van der Waals surface area contributed by atoms with Crippen LogP contribution in [0.4, 0.5) is 0 Å². The molecule has 0 bridgehead atoms. The summed E-state index contributed by atoms with van der Waals surface area (Å²) in [5.74, 6) is 0.00259. The lowest BCUT2D eigenvalue weighted by molar-refractivity contribution is -0.141. The van der Waals surface area contributed by atoms with Gasteiger partial charge in [0.1, 0.15) is 5.60 Å². The summed E-state index contributed by atoms with van der Waals surface area (Å²) in [5.41, 5.74) is 4.73. The van der Waals surface area contributed by atoms with Crippen LogP contribution in [0.25, 0.3) is 0 Å². The summed E-state index contributed by atoms with van der Waals surface area (Å²) < 4.78 is 5.53. The van der Waals surface area contributed by atoms with Crippen LogP contribution < -0.4 is 11.1 Å². The highest BCUT2D eigenvalue weighted by Gasteiger charge is 2.40. The zero-order valence-corrected chi connectivity index (χ0v) is 10.6. The van der Waals surface area contributed by atoms with Crippen molar-refractivity contribution in [2.24, 2.45) is 5.73 Å². The molecule has 0 spiro atoms. The predicted molar refractivity (Wildman–Crippen MR) is 64.1 cm³/mol. The Hall–Kier alpha value is -0.610. The molecule has 94 valence electrons. The number of hydrogen-bond acceptors (Lipinski definition) is 3. The first-order valence-corrected chi connectivity index (χ1v) is 6.12. The van der Waals surface area contributed by atoms with Crippen LogP contribution in [0.1, 0.15) is 46.5 Å². The minimum absolute atomic E-state index is 0.00259. The largest absolute Gasteiger partial charge is 0.365 e. The Kier molecular flexibility index (Phi) is 4.33. The van der Waals surface area contributed by atoms with Gasteiger partial charge in [-0.25, -0.2) is 0 Å². The van der Waals surface area contributed by atoms with Gasteiger partial charge in [0.15, 0.2) is 0 Å². The Bertz CT molecular complexity index is 249. The molecule has 0 aromatic heterocycles. The number of nitrogens with two attached hydrogens (primary N) is 1. The maximum Gasteiger partial charge on any atom is 0.252 e. The zero-order valence-electron chi connectivity index (χ0n) is 10.6. The fourth-order valence-corrected chi connectivity index (χ4v) is 2.01. The van der Waals surface area contributed by atoms with Gasteiger partial charge in [-0.1, -0.05) is 6.92 Å². The van der Waals surface area contributed by atoms with Crippen LogP contribution >= 0.6 is 0 Å². The third-order valence-electron chi connectivity index (χ3n) is 3.59. The maximum atomic E-state index is 12.1. The van der Waals surface area contributed by atoms with E-state index in [1.165, 1.54) is 0 Å². The van der Waals surface area contributed by atoms with Gasteiger partial charge >= 0.3 is 0 Å². The SMILES string of the molecule is CCC(C)(CCN)NC(=O)C1(C)CCCO1. The normalized spacial score (nSPS) is 28.8. The fourth-order valence-electron chi connectivity index (χ4n) is 2.01. The molecule has 2 atom stereocenters. The lowest BCUT2D eigenvalue weighted by Gasteiger charge is -2.33. The van der Waals surface area contributed by atoms with Crippen LogP contribution in [0.5, 0.6) is 0 Å². The molecule has 16 heavy (non-hydrogen) atoms. The summed E-state index contributed by atoms with van der Waals surface area (Å²) in [6.45, 7) is 7.24. The molecule has 4 heteroatoms. The number of carbonyl (C=O) groups excluding carboxylic acids is 1. The number of hydrogen-bond donors (Lipinski definition) is 2. The van der Waals surface area contributed by atoms with Crippen molar-refractivity contribution in [1.29, 1.82) is 0 Å². The average molecular weight is 228 g/mol. The minimum atomic E-state index is -0.634. The van der Waals surface area contributed by atoms with E-state index in [0.29, 0.717) is 13.2 Å². The molecule has 4 nitrogen and oxygen atoms in total. The van der Waals surface area contributed by atoms with E-state index in [-0.39, 0.29) is 11.4 Å². The molecule has 1 amide bonds. The van der Waals surface area contributed by atoms with E-state index in [9.17, 15) is 4.79 Å². The van der Waals surface area contributed by atoms with E-state index in [0.717, 1.165) is 25.7 Å². The van der Waals surface area contributed by atoms with Gasteiger partial charge in [-0.15, -0.1) is 0 Å². The Morgan fingerprint density at radius 3 is 2.75 bits per heavy atom. The zero-order chi connectivity index (χ0) is 12.2. The van der Waals surface area contributed by atoms with E-state index >= 15 is 0 Å². The molecule has 0 radical (unpaired) electrons. The standard InChI is InChI=1S/C12H24N2O2/c1-4-11(2,7-8-13)14-10(15)12(3)6-5-9-16-12/h4-9,13H2,1-3H3,(H,14,15). The van der Waals surface area contributed by atoms with Gasteiger partial charge in [-0.3, -0.25) is 4.79 Å². The van der Waals surface area contributed by atoms with Crippen molar-refractivity contribution >= 4 is 5.91 Å². The fraction of sp³-hybridized carbons (Fsp3) is 0.917. The van der Waals surface area contributed by atoms with Gasteiger partial charge in [0.2, 0.25) is 0 Å². The summed E-state index contributed by atoms with van der Waals surface area (Å²) in [6.07, 6.45) is 3.45. The van der Waals surface area contributed by atoms with Gasteiger partial charge in [0.25, 0.3) is 5.91 Å². The Balaban J connectivity index is 2.61. The number of amides is 1. The first-order valence-electron chi connectivity index (χ1n) is 6.12. The summed E-state index contributed by atoms with van der Waals surface area (Å²) >= 11 is 0. The van der Waals surface area contributed by atoms with Crippen LogP contribution in [-0.2, 0) is 9.53 Å². The number of ether oxygens (including phenoxy) is 1. The van der Waals surface area contributed by atoms with Crippen LogP contribution in [-0.4, -0.2) is 30.2 Å². The Morgan fingerprint density at radius 1 is 1.62 bits per heavy atom. The molecule has 1 fully saturated rings. The van der Waals surface area contributed by atoms with Crippen molar-refractivity contribution in [2.75, 3.05) is 13.2 Å². The summed E-state index contributed by atoms with van der Waals surface area (Å²) in [6, 6.07) is 0. The van der Waals surface area contributed by atoms with E-state index < -0.39 is 5.60 Å². The molecule has 1 aliphatic rings. The summed E-state index contributed by atoms with van der Waals surface area (Å²) in [4.78, 5) is 12.1. The third-order valence-corrected chi connectivity index (χ3v) is 3.59. The number of nitrogens with one attached hydrogen (secondary N) is 1. The second-order valence-electron chi connectivity index (χ2n) is 5.09. The quantitative estimate of drug-likeness (QED) is 0.743. The molecule has 1 saturated heterocycles. The molecule has 0 aromatic carbocycles. The Morgan fingerprint density at radius 2 is 2.31 bits per heavy atom. The number of carbonyl (C=O) groups is 1. The highest BCUT2D eigenvalue weighted by Crippen LogP contribution is 2.26. The Labute approximate surface area is 97.9 Å². The highest BCUT2D eigenvalue weighted by atomic mass is 16.5. The van der Waals surface area contributed by atoms with Crippen LogP contribution in [0.15, 0.2) is 0 Å². The van der Waals surface area contributed by atoms with Gasteiger partial charge in [-0.05, 0) is 46.1 Å². The van der Waals surface area contributed by atoms with Crippen molar-refractivity contribution in [3.8, 4) is 0 Å². The van der Waals surface area contributed by atoms with Crippen molar-refractivity contribution in [1.82, 2.24) is 5.32 Å². The summed E-state index contributed by atoms with van der Waals surface area (Å²) in [7, 11) is 0. The minimum Gasteiger partial charge on any atom is -0.365 e. The molecule has 1 rings (SSSR count). The van der Waals surface area contributed by atoms with E-state index in [1.807, 2.05) is 13.8 Å². The van der Waals surface area contributed by atoms with Gasteiger partial charge < -0.3 is 15.8 Å². The van der Waals surface area contributed by atoms with Gasteiger partial charge in [0, 0.05) is 12.1 Å². The second-order valence-corrected chi connectivity index (χ2v) is 5.09. The molecule has 0 saturated carbocycles. The van der Waals surface area contributed by atoms with Crippen LogP contribution in [0, 0.1) is 0 Å². The molecule has 1 aliphatic heterocycles. The van der Waals surface area contributed by atoms with Crippen molar-refractivity contribution < 1.29 is 9.53 Å². The molecule has 3 N–H and O–H groups in total. The molecule has 0 aromatic rings. The lowest BCUT2D eigenvalue weighted by atomic mass is 9.92. The smallest absolute Gasteiger partial charge is 0.252 e. The lowest BCUT2D eigenvalue weighted by Crippen LogP contribution is -2.54. The van der Waals surface area contributed by atoms with Gasteiger partial charge in [0.05, 0.1) is 0 Å². The molecular weight excluding hydrogens is 204 g/mol. The average Bonchev–Trinajstić information content (AvgIpc) is 2.67. The van der Waals surface area contributed by atoms with Gasteiger partial charge in [-0.2, -0.15) is 0 Å². The first kappa shape index (κ1) is 13.5. The number of rotatable bonds is 5. The van der Waals surface area contributed by atoms with Crippen LogP contribution in [0.3, 0.4) is 0 Å². The molecule has 0 aliphatic carbocycles. The van der Waals surface area contributed by atoms with Crippen LogP contribution in [0.2, 0.25) is 0 Å². The summed E-state index contributed by atoms with van der Waals surface area (Å²) in [5, 5.41) is 3.08.